The number of nitrogens with two attached hydrogens (primary N) is 1. The van der Waals surface area contributed by atoms with Gasteiger partial charge in [-0.3, -0.25) is 5.41 Å². The lowest BCUT2D eigenvalue weighted by Crippen LogP contribution is -2.14. The number of nitriles is 1. The van der Waals surface area contributed by atoms with Crippen molar-refractivity contribution in [2.24, 2.45) is 10.7 Å². The van der Waals surface area contributed by atoms with E-state index in [-0.39, 0.29) is 5.84 Å². The number of hydrogen-bond acceptors (Lipinski definition) is 2. The lowest BCUT2D eigenvalue weighted by molar-refractivity contribution is 1.43. The van der Waals surface area contributed by atoms with Gasteiger partial charge in [-0.15, -0.1) is 0 Å². The summed E-state index contributed by atoms with van der Waals surface area (Å²) in [6.45, 7) is 0. The normalized spacial score (nSPS) is 10.5. The van der Waals surface area contributed by atoms with E-state index in [1.54, 1.807) is 24.3 Å². The number of rotatable bonds is 2. The second kappa shape index (κ2) is 4.02. The summed E-state index contributed by atoms with van der Waals surface area (Å²) in [7, 11) is 0. The van der Waals surface area contributed by atoms with E-state index < -0.39 is 0 Å². The molecule has 0 amide bonds. The Balaban J connectivity index is 3.22. The molecule has 64 valence electrons. The molecule has 0 aliphatic heterocycles. The molecule has 4 nitrogen and oxygen atoms in total. The van der Waals surface area contributed by atoms with Crippen LogP contribution >= 0.6 is 0 Å². The zero-order valence-corrected chi connectivity index (χ0v) is 6.86. The van der Waals surface area contributed by atoms with Crippen molar-refractivity contribution < 1.29 is 0 Å². The largest absolute Gasteiger partial charge is 0.383 e. The molecule has 13 heavy (non-hydrogen) atoms. The molecule has 0 spiro atoms. The van der Waals surface area contributed by atoms with Gasteiger partial charge in [0, 0.05) is 5.56 Å². The van der Waals surface area contributed by atoms with Gasteiger partial charge in [0.05, 0.1) is 11.6 Å². The summed E-state index contributed by atoms with van der Waals surface area (Å²) in [5.74, 6) is 0.187. The number of nitrogens with zero attached hydrogens (tertiary/aromatic N) is 2. The highest BCUT2D eigenvalue weighted by atomic mass is 14.9. The van der Waals surface area contributed by atoms with Gasteiger partial charge in [0.2, 0.25) is 0 Å². The van der Waals surface area contributed by atoms with Gasteiger partial charge in [-0.1, -0.05) is 12.1 Å². The molecule has 0 bridgehead atoms. The van der Waals surface area contributed by atoms with E-state index in [4.69, 9.17) is 16.4 Å². The Hall–Kier alpha value is -2.15. The molecular formula is C9H8N4. The summed E-state index contributed by atoms with van der Waals surface area (Å²) >= 11 is 0. The van der Waals surface area contributed by atoms with Crippen molar-refractivity contribution in [2.75, 3.05) is 0 Å². The highest BCUT2D eigenvalue weighted by Gasteiger charge is 2.03. The summed E-state index contributed by atoms with van der Waals surface area (Å²) in [5.41, 5.74) is 6.56. The molecule has 3 N–H and O–H groups in total. The maximum absolute atomic E-state index is 8.72. The molecule has 0 unspecified atom stereocenters. The molecule has 0 saturated heterocycles. The van der Waals surface area contributed by atoms with Crippen LogP contribution in [-0.2, 0) is 0 Å². The number of hydrogen-bond donors (Lipinski definition) is 2. The van der Waals surface area contributed by atoms with E-state index in [9.17, 15) is 0 Å². The Kier molecular flexibility index (Phi) is 2.77. The Labute approximate surface area is 75.8 Å². The minimum atomic E-state index is 0.187. The van der Waals surface area contributed by atoms with E-state index in [0.29, 0.717) is 11.1 Å². The third-order valence-electron chi connectivity index (χ3n) is 1.53. The number of amidine groups is 1. The topological polar surface area (TPSA) is 86.0 Å². The molecule has 1 aromatic carbocycles. The van der Waals surface area contributed by atoms with E-state index in [2.05, 4.69) is 4.99 Å². The summed E-state index contributed by atoms with van der Waals surface area (Å²) in [4.78, 5) is 3.59. The van der Waals surface area contributed by atoms with Crippen LogP contribution in [0.4, 0.5) is 0 Å². The Morgan fingerprint density at radius 2 is 2.23 bits per heavy atom. The summed E-state index contributed by atoms with van der Waals surface area (Å²) in [6.07, 6.45) is 0.851. The van der Waals surface area contributed by atoms with Crippen LogP contribution in [0.25, 0.3) is 0 Å². The first-order valence-corrected chi connectivity index (χ1v) is 3.61. The molecule has 0 aromatic heterocycles. The van der Waals surface area contributed by atoms with Gasteiger partial charge in [-0.2, -0.15) is 5.26 Å². The van der Waals surface area contributed by atoms with Crippen molar-refractivity contribution >= 4 is 12.2 Å². The minimum Gasteiger partial charge on any atom is -0.383 e. The van der Waals surface area contributed by atoms with Crippen LogP contribution in [0.5, 0.6) is 0 Å². The maximum Gasteiger partial charge on any atom is 0.133 e. The zero-order valence-electron chi connectivity index (χ0n) is 6.86. The van der Waals surface area contributed by atoms with E-state index in [0.717, 1.165) is 6.34 Å². The van der Waals surface area contributed by atoms with Crippen LogP contribution in [0.15, 0.2) is 29.3 Å². The van der Waals surface area contributed by atoms with Crippen molar-refractivity contribution in [3.05, 3.63) is 35.4 Å². The van der Waals surface area contributed by atoms with E-state index in [1.165, 1.54) is 0 Å². The lowest BCUT2D eigenvalue weighted by atomic mass is 10.1. The van der Waals surface area contributed by atoms with Gasteiger partial charge in [-0.05, 0) is 12.1 Å². The van der Waals surface area contributed by atoms with Gasteiger partial charge >= 0.3 is 0 Å². The lowest BCUT2D eigenvalue weighted by Gasteiger charge is -2.00. The molecule has 0 saturated carbocycles. The van der Waals surface area contributed by atoms with Crippen molar-refractivity contribution in [1.82, 2.24) is 0 Å². The smallest absolute Gasteiger partial charge is 0.133 e. The monoisotopic (exact) mass is 172 g/mol. The van der Waals surface area contributed by atoms with Crippen molar-refractivity contribution in [3.8, 4) is 6.07 Å². The molecule has 0 atom stereocenters. The second-order valence-electron chi connectivity index (χ2n) is 2.30. The van der Waals surface area contributed by atoms with Crippen LogP contribution in [0.2, 0.25) is 0 Å². The first kappa shape index (κ1) is 8.94. The Morgan fingerprint density at radius 3 is 2.85 bits per heavy atom. The highest BCUT2D eigenvalue weighted by molar-refractivity contribution is 6.02. The Bertz CT molecular complexity index is 387. The third-order valence-corrected chi connectivity index (χ3v) is 1.53. The first-order valence-electron chi connectivity index (χ1n) is 3.61. The van der Waals surface area contributed by atoms with Crippen LogP contribution in [-0.4, -0.2) is 12.2 Å². The van der Waals surface area contributed by atoms with Gasteiger partial charge < -0.3 is 5.73 Å². The maximum atomic E-state index is 8.72. The molecular weight excluding hydrogens is 164 g/mol. The van der Waals surface area contributed by atoms with Gasteiger partial charge in [0.15, 0.2) is 0 Å². The number of aliphatic imine (C=N–C) groups is 1. The summed E-state index contributed by atoms with van der Waals surface area (Å²) in [6, 6.07) is 8.86. The molecule has 0 aliphatic rings. The fraction of sp³-hybridized carbons (Fsp3) is 0. The fourth-order valence-corrected chi connectivity index (χ4v) is 0.943. The van der Waals surface area contributed by atoms with Gasteiger partial charge in [0.1, 0.15) is 12.2 Å². The van der Waals surface area contributed by atoms with Crippen molar-refractivity contribution in [2.45, 2.75) is 0 Å². The molecule has 1 rings (SSSR count). The average Bonchev–Trinajstić information content (AvgIpc) is 2.18. The average molecular weight is 172 g/mol. The summed E-state index contributed by atoms with van der Waals surface area (Å²) in [5, 5.41) is 15.5. The third kappa shape index (κ3) is 1.91. The van der Waals surface area contributed by atoms with Crippen LogP contribution in [0, 0.1) is 16.7 Å². The molecule has 0 aliphatic carbocycles. The SMILES string of the molecule is N#Cc1ccccc1C(N)=NC=N. The molecule has 0 fully saturated rings. The number of nitrogens with one attached hydrogen (secondary N) is 1. The Morgan fingerprint density at radius 1 is 1.54 bits per heavy atom. The van der Waals surface area contributed by atoms with Crippen LogP contribution in [0.1, 0.15) is 11.1 Å². The molecule has 0 heterocycles. The molecule has 0 radical (unpaired) electrons. The van der Waals surface area contributed by atoms with Gasteiger partial charge in [-0.25, -0.2) is 4.99 Å². The minimum absolute atomic E-state index is 0.187. The quantitative estimate of drug-likeness (QED) is 0.512. The van der Waals surface area contributed by atoms with Crippen LogP contribution in [0.3, 0.4) is 0 Å². The standard InChI is InChI=1S/C9H8N4/c10-5-7-3-1-2-4-8(7)9(12)13-6-11/h1-4,6H,(H3,11,12,13). The first-order chi connectivity index (χ1) is 6.29. The van der Waals surface area contributed by atoms with Crippen molar-refractivity contribution in [1.29, 1.82) is 10.7 Å². The second-order valence-corrected chi connectivity index (χ2v) is 2.30. The zero-order chi connectivity index (χ0) is 9.68. The van der Waals surface area contributed by atoms with E-state index >= 15 is 0 Å². The predicted octanol–water partition coefficient (Wildman–Crippen LogP) is 0.871. The van der Waals surface area contributed by atoms with Crippen molar-refractivity contribution in [3.63, 3.8) is 0 Å². The summed E-state index contributed by atoms with van der Waals surface area (Å²) < 4.78 is 0. The highest BCUT2D eigenvalue weighted by Crippen LogP contribution is 2.06. The van der Waals surface area contributed by atoms with E-state index in [1.807, 2.05) is 6.07 Å². The predicted molar refractivity (Wildman–Crippen MR) is 50.7 cm³/mol. The molecule has 1 aromatic rings. The number of benzene rings is 1. The van der Waals surface area contributed by atoms with Gasteiger partial charge in [0.25, 0.3) is 0 Å². The van der Waals surface area contributed by atoms with Crippen LogP contribution < -0.4 is 5.73 Å². The fourth-order valence-electron chi connectivity index (χ4n) is 0.943. The molecule has 4 heteroatoms.